The highest BCUT2D eigenvalue weighted by molar-refractivity contribution is 9.10. The van der Waals surface area contributed by atoms with E-state index in [1.54, 1.807) is 0 Å². The molecular formula is C15H22BrNO. The number of hydrogen-bond donors (Lipinski definition) is 1. The smallest absolute Gasteiger partial charge is 0.119 e. The second kappa shape index (κ2) is 7.15. The Hall–Kier alpha value is -0.540. The minimum Gasteiger partial charge on any atom is -0.492 e. The van der Waals surface area contributed by atoms with Crippen LogP contribution in [0.2, 0.25) is 0 Å². The van der Waals surface area contributed by atoms with Crippen molar-refractivity contribution in [1.82, 2.24) is 5.32 Å². The number of nitrogens with one attached hydrogen (secondary N) is 1. The third-order valence-corrected chi connectivity index (χ3v) is 3.95. The molecule has 100 valence electrons. The summed E-state index contributed by atoms with van der Waals surface area (Å²) in [5.41, 5.74) is 0. The molecule has 18 heavy (non-hydrogen) atoms. The van der Waals surface area contributed by atoms with Crippen molar-refractivity contribution in [2.45, 2.75) is 38.6 Å². The van der Waals surface area contributed by atoms with Gasteiger partial charge in [-0.3, -0.25) is 0 Å². The van der Waals surface area contributed by atoms with Gasteiger partial charge in [0, 0.05) is 17.1 Å². The first-order chi connectivity index (χ1) is 8.78. The summed E-state index contributed by atoms with van der Waals surface area (Å²) in [5.74, 6) is 1.94. The van der Waals surface area contributed by atoms with Crippen molar-refractivity contribution in [3.05, 3.63) is 28.7 Å². The van der Waals surface area contributed by atoms with E-state index in [1.807, 2.05) is 24.3 Å². The van der Waals surface area contributed by atoms with Crippen molar-refractivity contribution in [2.75, 3.05) is 13.2 Å². The van der Waals surface area contributed by atoms with E-state index < -0.39 is 0 Å². The van der Waals surface area contributed by atoms with Gasteiger partial charge in [-0.05, 0) is 43.0 Å². The fraction of sp³-hybridized carbons (Fsp3) is 0.600. The second-order valence-electron chi connectivity index (χ2n) is 5.04. The van der Waals surface area contributed by atoms with Gasteiger partial charge in [0.25, 0.3) is 0 Å². The van der Waals surface area contributed by atoms with Gasteiger partial charge in [0.15, 0.2) is 0 Å². The molecule has 0 bridgehead atoms. The third kappa shape index (κ3) is 4.99. The summed E-state index contributed by atoms with van der Waals surface area (Å²) in [6, 6.07) is 8.66. The van der Waals surface area contributed by atoms with Crippen LogP contribution in [0, 0.1) is 5.92 Å². The minimum atomic E-state index is 0.672. The zero-order valence-corrected chi connectivity index (χ0v) is 12.6. The van der Waals surface area contributed by atoms with Gasteiger partial charge < -0.3 is 10.1 Å². The van der Waals surface area contributed by atoms with E-state index in [1.165, 1.54) is 25.7 Å². The van der Waals surface area contributed by atoms with Crippen molar-refractivity contribution in [1.29, 1.82) is 0 Å². The van der Waals surface area contributed by atoms with Crippen molar-refractivity contribution in [3.63, 3.8) is 0 Å². The number of halogens is 1. The zero-order valence-electron chi connectivity index (χ0n) is 11.0. The first kappa shape index (κ1) is 13.9. The molecule has 0 spiro atoms. The van der Waals surface area contributed by atoms with Gasteiger partial charge in [-0.15, -0.1) is 0 Å². The minimum absolute atomic E-state index is 0.672. The van der Waals surface area contributed by atoms with Gasteiger partial charge in [0.1, 0.15) is 12.4 Å². The average Bonchev–Trinajstić information content (AvgIpc) is 3.19. The molecule has 2 rings (SSSR count). The standard InChI is InChI=1S/C15H22BrNO/c1-2-14(11-12-3-4-12)17-9-10-18-15-7-5-13(16)6-8-15/h5-8,12,14,17H,2-4,9-11H2,1H3. The maximum Gasteiger partial charge on any atom is 0.119 e. The molecule has 2 nitrogen and oxygen atoms in total. The van der Waals surface area contributed by atoms with Crippen LogP contribution in [0.3, 0.4) is 0 Å². The Balaban J connectivity index is 1.60. The lowest BCUT2D eigenvalue weighted by Gasteiger charge is -2.16. The fourth-order valence-corrected chi connectivity index (χ4v) is 2.38. The highest BCUT2D eigenvalue weighted by atomic mass is 79.9. The van der Waals surface area contributed by atoms with Gasteiger partial charge in [-0.1, -0.05) is 35.7 Å². The van der Waals surface area contributed by atoms with E-state index in [4.69, 9.17) is 4.74 Å². The molecule has 0 radical (unpaired) electrons. The summed E-state index contributed by atoms with van der Waals surface area (Å²) < 4.78 is 6.78. The Kier molecular flexibility index (Phi) is 5.51. The average molecular weight is 312 g/mol. The predicted molar refractivity (Wildman–Crippen MR) is 79.1 cm³/mol. The SMILES string of the molecule is CCC(CC1CC1)NCCOc1ccc(Br)cc1. The predicted octanol–water partition coefficient (Wildman–Crippen LogP) is 4.00. The number of benzene rings is 1. The quantitative estimate of drug-likeness (QED) is 0.733. The number of rotatable bonds is 8. The molecule has 3 heteroatoms. The molecule has 1 saturated carbocycles. The van der Waals surface area contributed by atoms with Gasteiger partial charge in [0.05, 0.1) is 0 Å². The van der Waals surface area contributed by atoms with E-state index in [0.29, 0.717) is 6.04 Å². The lowest BCUT2D eigenvalue weighted by molar-refractivity contribution is 0.299. The van der Waals surface area contributed by atoms with Crippen molar-refractivity contribution in [2.24, 2.45) is 5.92 Å². The molecule has 0 aromatic heterocycles. The van der Waals surface area contributed by atoms with E-state index in [2.05, 4.69) is 28.2 Å². The Morgan fingerprint density at radius 2 is 2.06 bits per heavy atom. The highest BCUT2D eigenvalue weighted by Gasteiger charge is 2.24. The first-order valence-electron chi connectivity index (χ1n) is 6.89. The molecule has 0 heterocycles. The van der Waals surface area contributed by atoms with Crippen molar-refractivity contribution in [3.8, 4) is 5.75 Å². The van der Waals surface area contributed by atoms with E-state index in [9.17, 15) is 0 Å². The molecule has 1 aromatic rings. The van der Waals surface area contributed by atoms with Crippen LogP contribution in [0.1, 0.15) is 32.6 Å². The van der Waals surface area contributed by atoms with Crippen molar-refractivity contribution < 1.29 is 4.74 Å². The summed E-state index contributed by atoms with van der Waals surface area (Å²) >= 11 is 3.42. The molecule has 0 aliphatic heterocycles. The van der Waals surface area contributed by atoms with Crippen LogP contribution in [0.15, 0.2) is 28.7 Å². The fourth-order valence-electron chi connectivity index (χ4n) is 2.11. The Bertz CT molecular complexity index is 348. The van der Waals surface area contributed by atoms with Crippen molar-refractivity contribution >= 4 is 15.9 Å². The zero-order chi connectivity index (χ0) is 12.8. The molecular weight excluding hydrogens is 290 g/mol. The number of ether oxygens (including phenoxy) is 1. The molecule has 0 saturated heterocycles. The van der Waals surface area contributed by atoms with Crippen LogP contribution >= 0.6 is 15.9 Å². The Labute approximate surface area is 118 Å². The summed E-state index contributed by atoms with van der Waals surface area (Å²) in [7, 11) is 0. The summed E-state index contributed by atoms with van der Waals surface area (Å²) in [5, 5.41) is 3.59. The molecule has 1 unspecified atom stereocenters. The van der Waals surface area contributed by atoms with Crippen LogP contribution in [-0.4, -0.2) is 19.2 Å². The van der Waals surface area contributed by atoms with Crippen LogP contribution in [-0.2, 0) is 0 Å². The van der Waals surface area contributed by atoms with Gasteiger partial charge in [-0.25, -0.2) is 0 Å². The van der Waals surface area contributed by atoms with Gasteiger partial charge in [0.2, 0.25) is 0 Å². The largest absolute Gasteiger partial charge is 0.492 e. The highest BCUT2D eigenvalue weighted by Crippen LogP contribution is 2.33. The molecule has 1 fully saturated rings. The monoisotopic (exact) mass is 311 g/mol. The molecule has 1 aromatic carbocycles. The summed E-state index contributed by atoms with van der Waals surface area (Å²) in [6.45, 7) is 3.93. The molecule has 1 aliphatic carbocycles. The maximum absolute atomic E-state index is 5.69. The Morgan fingerprint density at radius 1 is 1.33 bits per heavy atom. The van der Waals surface area contributed by atoms with E-state index in [-0.39, 0.29) is 0 Å². The summed E-state index contributed by atoms with van der Waals surface area (Å²) in [4.78, 5) is 0. The number of hydrogen-bond acceptors (Lipinski definition) is 2. The normalized spacial score (nSPS) is 16.6. The van der Waals surface area contributed by atoms with E-state index in [0.717, 1.165) is 29.3 Å². The lowest BCUT2D eigenvalue weighted by Crippen LogP contribution is -2.32. The van der Waals surface area contributed by atoms with E-state index >= 15 is 0 Å². The Morgan fingerprint density at radius 3 is 2.67 bits per heavy atom. The molecule has 0 amide bonds. The lowest BCUT2D eigenvalue weighted by atomic mass is 10.1. The molecule has 1 N–H and O–H groups in total. The van der Waals surface area contributed by atoms with Crippen LogP contribution < -0.4 is 10.1 Å². The van der Waals surface area contributed by atoms with Gasteiger partial charge in [-0.2, -0.15) is 0 Å². The topological polar surface area (TPSA) is 21.3 Å². The second-order valence-corrected chi connectivity index (χ2v) is 5.96. The van der Waals surface area contributed by atoms with Crippen LogP contribution in [0.5, 0.6) is 5.75 Å². The van der Waals surface area contributed by atoms with Crippen LogP contribution in [0.25, 0.3) is 0 Å². The summed E-state index contributed by atoms with van der Waals surface area (Å²) in [6.07, 6.45) is 5.44. The first-order valence-corrected chi connectivity index (χ1v) is 7.69. The van der Waals surface area contributed by atoms with Crippen LogP contribution in [0.4, 0.5) is 0 Å². The molecule has 1 atom stereocenters. The maximum atomic E-state index is 5.69. The van der Waals surface area contributed by atoms with Gasteiger partial charge >= 0.3 is 0 Å². The third-order valence-electron chi connectivity index (χ3n) is 3.43. The molecule has 1 aliphatic rings.